The molecule has 0 bridgehead atoms. The zero-order chi connectivity index (χ0) is 12.5. The minimum atomic E-state index is 0.601. The molecule has 0 atom stereocenters. The van der Waals surface area contributed by atoms with Gasteiger partial charge in [-0.15, -0.1) is 0 Å². The van der Waals surface area contributed by atoms with E-state index < -0.39 is 0 Å². The number of hydrogen-bond donors (Lipinski definition) is 1. The quantitative estimate of drug-likeness (QED) is 0.687. The van der Waals surface area contributed by atoms with Crippen LogP contribution in [0.2, 0.25) is 0 Å². The fourth-order valence-corrected chi connectivity index (χ4v) is 2.34. The molecule has 0 radical (unpaired) electrons. The molecular formula is C16H29N. The Labute approximate surface area is 107 Å². The van der Waals surface area contributed by atoms with Gasteiger partial charge in [-0.2, -0.15) is 0 Å². The summed E-state index contributed by atoms with van der Waals surface area (Å²) in [5.74, 6) is 0. The Morgan fingerprint density at radius 3 is 2.82 bits per heavy atom. The summed E-state index contributed by atoms with van der Waals surface area (Å²) in [6.07, 6.45) is 14.2. The third-order valence-electron chi connectivity index (χ3n) is 3.44. The minimum absolute atomic E-state index is 0.601. The molecule has 0 aromatic heterocycles. The monoisotopic (exact) mass is 235 g/mol. The second kappa shape index (κ2) is 8.52. The van der Waals surface area contributed by atoms with E-state index in [-0.39, 0.29) is 0 Å². The molecule has 0 saturated carbocycles. The number of allylic oxidation sites excluding steroid dienone is 3. The SMILES string of the molecule is CC(=C/CCNC(C)C)/C1=C\CCCCCC1. The second-order valence-electron chi connectivity index (χ2n) is 5.47. The highest BCUT2D eigenvalue weighted by atomic mass is 14.9. The van der Waals surface area contributed by atoms with Crippen molar-refractivity contribution in [3.63, 3.8) is 0 Å². The molecule has 0 amide bonds. The van der Waals surface area contributed by atoms with Crippen LogP contribution in [0.5, 0.6) is 0 Å². The lowest BCUT2D eigenvalue weighted by atomic mass is 9.95. The lowest BCUT2D eigenvalue weighted by Crippen LogP contribution is -2.23. The molecule has 0 heterocycles. The molecule has 0 aromatic rings. The van der Waals surface area contributed by atoms with Crippen LogP contribution >= 0.6 is 0 Å². The maximum atomic E-state index is 3.46. The van der Waals surface area contributed by atoms with Crippen LogP contribution in [0.3, 0.4) is 0 Å². The average molecular weight is 235 g/mol. The van der Waals surface area contributed by atoms with Crippen LogP contribution in [0, 0.1) is 0 Å². The Morgan fingerprint density at radius 2 is 2.06 bits per heavy atom. The molecule has 0 saturated heterocycles. The van der Waals surface area contributed by atoms with Crippen LogP contribution in [0.15, 0.2) is 23.3 Å². The van der Waals surface area contributed by atoms with Gasteiger partial charge in [-0.25, -0.2) is 0 Å². The Morgan fingerprint density at radius 1 is 1.29 bits per heavy atom. The van der Waals surface area contributed by atoms with Crippen molar-refractivity contribution in [3.05, 3.63) is 23.3 Å². The van der Waals surface area contributed by atoms with Crippen LogP contribution in [0.25, 0.3) is 0 Å². The fraction of sp³-hybridized carbons (Fsp3) is 0.750. The largest absolute Gasteiger partial charge is 0.314 e. The normalized spacial score (nSPS) is 21.9. The molecule has 1 heteroatoms. The van der Waals surface area contributed by atoms with Crippen molar-refractivity contribution in [2.45, 2.75) is 71.8 Å². The first-order chi connectivity index (χ1) is 8.20. The molecule has 0 unspecified atom stereocenters. The molecule has 17 heavy (non-hydrogen) atoms. The minimum Gasteiger partial charge on any atom is -0.314 e. The van der Waals surface area contributed by atoms with Gasteiger partial charge in [0, 0.05) is 6.04 Å². The van der Waals surface area contributed by atoms with E-state index in [1.807, 2.05) is 0 Å². The van der Waals surface area contributed by atoms with E-state index >= 15 is 0 Å². The molecule has 1 aliphatic rings. The average Bonchev–Trinajstić information content (AvgIpc) is 2.23. The van der Waals surface area contributed by atoms with Crippen molar-refractivity contribution in [1.29, 1.82) is 0 Å². The van der Waals surface area contributed by atoms with Gasteiger partial charge in [-0.05, 0) is 51.1 Å². The maximum Gasteiger partial charge on any atom is 0.00105 e. The summed E-state index contributed by atoms with van der Waals surface area (Å²) in [5, 5.41) is 3.46. The van der Waals surface area contributed by atoms with E-state index in [4.69, 9.17) is 0 Å². The van der Waals surface area contributed by atoms with Crippen LogP contribution in [-0.2, 0) is 0 Å². The van der Waals surface area contributed by atoms with Crippen LogP contribution in [0.4, 0.5) is 0 Å². The summed E-state index contributed by atoms with van der Waals surface area (Å²) < 4.78 is 0. The molecule has 98 valence electrons. The van der Waals surface area contributed by atoms with Crippen LogP contribution in [0.1, 0.15) is 65.7 Å². The highest BCUT2D eigenvalue weighted by Crippen LogP contribution is 2.22. The fourth-order valence-electron chi connectivity index (χ4n) is 2.34. The standard InChI is InChI=1S/C16H29N/c1-14(2)17-13-9-10-15(3)16-11-7-5-4-6-8-12-16/h10-11,14,17H,4-9,12-13H2,1-3H3/b15-10-,16-11-. The first-order valence-electron chi connectivity index (χ1n) is 7.29. The topological polar surface area (TPSA) is 12.0 Å². The van der Waals surface area contributed by atoms with Gasteiger partial charge in [0.2, 0.25) is 0 Å². The number of nitrogens with one attached hydrogen (secondary N) is 1. The summed E-state index contributed by atoms with van der Waals surface area (Å²) in [5.41, 5.74) is 3.12. The molecule has 1 nitrogen and oxygen atoms in total. The van der Waals surface area contributed by atoms with Crippen molar-refractivity contribution in [1.82, 2.24) is 5.32 Å². The smallest absolute Gasteiger partial charge is 0.00105 e. The Hall–Kier alpha value is -0.560. The van der Waals surface area contributed by atoms with Crippen molar-refractivity contribution in [3.8, 4) is 0 Å². The van der Waals surface area contributed by atoms with E-state index in [9.17, 15) is 0 Å². The lowest BCUT2D eigenvalue weighted by Gasteiger charge is -2.12. The molecule has 1 aliphatic carbocycles. The van der Waals surface area contributed by atoms with E-state index in [2.05, 4.69) is 38.2 Å². The van der Waals surface area contributed by atoms with Crippen molar-refractivity contribution >= 4 is 0 Å². The molecule has 0 aliphatic heterocycles. The maximum absolute atomic E-state index is 3.46. The zero-order valence-electron chi connectivity index (χ0n) is 11.9. The summed E-state index contributed by atoms with van der Waals surface area (Å²) in [7, 11) is 0. The summed E-state index contributed by atoms with van der Waals surface area (Å²) in [6, 6.07) is 0.601. The molecular weight excluding hydrogens is 206 g/mol. The Bertz CT molecular complexity index is 261. The molecule has 1 N–H and O–H groups in total. The van der Waals surface area contributed by atoms with Crippen molar-refractivity contribution in [2.75, 3.05) is 6.54 Å². The third-order valence-corrected chi connectivity index (χ3v) is 3.44. The molecule has 1 rings (SSSR count). The summed E-state index contributed by atoms with van der Waals surface area (Å²) in [4.78, 5) is 0. The summed E-state index contributed by atoms with van der Waals surface area (Å²) in [6.45, 7) is 7.78. The van der Waals surface area contributed by atoms with E-state index in [1.165, 1.54) is 44.1 Å². The van der Waals surface area contributed by atoms with Gasteiger partial charge in [0.15, 0.2) is 0 Å². The number of rotatable bonds is 5. The van der Waals surface area contributed by atoms with Crippen LogP contribution in [-0.4, -0.2) is 12.6 Å². The van der Waals surface area contributed by atoms with Gasteiger partial charge in [0.05, 0.1) is 0 Å². The molecule has 0 fully saturated rings. The van der Waals surface area contributed by atoms with E-state index in [0.29, 0.717) is 6.04 Å². The predicted octanol–water partition coefficient (Wildman–Crippen LogP) is 4.60. The highest BCUT2D eigenvalue weighted by molar-refractivity contribution is 5.29. The van der Waals surface area contributed by atoms with Gasteiger partial charge in [-0.1, -0.05) is 44.4 Å². The first-order valence-corrected chi connectivity index (χ1v) is 7.29. The van der Waals surface area contributed by atoms with Crippen molar-refractivity contribution < 1.29 is 0 Å². The predicted molar refractivity (Wildman–Crippen MR) is 77.3 cm³/mol. The molecule has 0 spiro atoms. The first kappa shape index (κ1) is 14.5. The van der Waals surface area contributed by atoms with Gasteiger partial charge in [0.25, 0.3) is 0 Å². The Kier molecular flexibility index (Phi) is 7.27. The number of hydrogen-bond acceptors (Lipinski definition) is 1. The van der Waals surface area contributed by atoms with Gasteiger partial charge >= 0.3 is 0 Å². The van der Waals surface area contributed by atoms with Crippen LogP contribution < -0.4 is 5.32 Å². The lowest BCUT2D eigenvalue weighted by molar-refractivity contribution is 0.594. The van der Waals surface area contributed by atoms with Gasteiger partial charge in [0.1, 0.15) is 0 Å². The third kappa shape index (κ3) is 6.68. The second-order valence-corrected chi connectivity index (χ2v) is 5.47. The Balaban J connectivity index is 2.37. The van der Waals surface area contributed by atoms with E-state index in [0.717, 1.165) is 13.0 Å². The molecule has 0 aromatic carbocycles. The van der Waals surface area contributed by atoms with Gasteiger partial charge < -0.3 is 5.32 Å². The highest BCUT2D eigenvalue weighted by Gasteiger charge is 2.03. The van der Waals surface area contributed by atoms with Crippen molar-refractivity contribution in [2.24, 2.45) is 0 Å². The summed E-state index contributed by atoms with van der Waals surface area (Å²) >= 11 is 0. The van der Waals surface area contributed by atoms with Gasteiger partial charge in [-0.3, -0.25) is 0 Å². The zero-order valence-corrected chi connectivity index (χ0v) is 11.9. The van der Waals surface area contributed by atoms with E-state index in [1.54, 1.807) is 5.57 Å².